The van der Waals surface area contributed by atoms with E-state index in [1.165, 1.54) is 4.88 Å². The Hall–Kier alpha value is -3.09. The molecule has 5 rings (SSSR count). The Morgan fingerprint density at radius 3 is 2.12 bits per heavy atom. The lowest BCUT2D eigenvalue weighted by molar-refractivity contribution is -0.117. The predicted octanol–water partition coefficient (Wildman–Crippen LogP) is 4.52. The maximum atomic E-state index is 12.8. The molecule has 2 aromatic heterocycles. The Morgan fingerprint density at radius 2 is 1.56 bits per heavy atom. The zero-order chi connectivity index (χ0) is 22.0. The summed E-state index contributed by atoms with van der Waals surface area (Å²) in [5.41, 5.74) is 1.21. The highest BCUT2D eigenvalue weighted by Crippen LogP contribution is 2.36. The Bertz CT molecular complexity index is 1160. The standard InChI is InChI=1S/C26H26N4OS/c1-2-22-17-23-24(27-19-28-25(23)32-22)29-13-15-30(16-14-29)26(18-31,20-9-5-3-6-10-20)21-11-7-4-8-12-21/h3-12,17-19H,2,13-16H2,1H3. The molecule has 5 nitrogen and oxygen atoms in total. The number of piperazine rings is 1. The SMILES string of the molecule is CCc1cc2c(N3CCN(C(C=O)(c4ccccc4)c4ccccc4)CC3)ncnc2s1. The maximum absolute atomic E-state index is 12.8. The second-order valence-corrected chi connectivity index (χ2v) is 9.19. The number of thiophene rings is 1. The number of benzene rings is 2. The molecule has 162 valence electrons. The van der Waals surface area contributed by atoms with Gasteiger partial charge in [0.05, 0.1) is 5.39 Å². The lowest BCUT2D eigenvalue weighted by atomic mass is 9.82. The average Bonchev–Trinajstić information content (AvgIpc) is 3.30. The number of aryl methyl sites for hydroxylation is 1. The lowest BCUT2D eigenvalue weighted by Gasteiger charge is -2.45. The van der Waals surface area contributed by atoms with Crippen LogP contribution < -0.4 is 4.90 Å². The van der Waals surface area contributed by atoms with Crippen molar-refractivity contribution in [2.45, 2.75) is 18.9 Å². The van der Waals surface area contributed by atoms with Crippen LogP contribution in [0, 0.1) is 0 Å². The van der Waals surface area contributed by atoms with E-state index in [1.54, 1.807) is 17.7 Å². The Labute approximate surface area is 192 Å². The van der Waals surface area contributed by atoms with E-state index >= 15 is 0 Å². The molecule has 3 heterocycles. The molecule has 1 aliphatic rings. The van der Waals surface area contributed by atoms with E-state index in [9.17, 15) is 4.79 Å². The van der Waals surface area contributed by atoms with Gasteiger partial charge in [-0.1, -0.05) is 67.6 Å². The minimum atomic E-state index is -0.798. The molecule has 32 heavy (non-hydrogen) atoms. The van der Waals surface area contributed by atoms with Crippen molar-refractivity contribution < 1.29 is 4.79 Å². The largest absolute Gasteiger partial charge is 0.353 e. The van der Waals surface area contributed by atoms with Gasteiger partial charge in [-0.15, -0.1) is 11.3 Å². The summed E-state index contributed by atoms with van der Waals surface area (Å²) in [6.07, 6.45) is 3.79. The third-order valence-corrected chi connectivity index (χ3v) is 7.57. The quantitative estimate of drug-likeness (QED) is 0.411. The second kappa shape index (κ2) is 8.81. The smallest absolute Gasteiger partial charge is 0.149 e. The van der Waals surface area contributed by atoms with Crippen LogP contribution >= 0.6 is 11.3 Å². The van der Waals surface area contributed by atoms with E-state index in [0.29, 0.717) is 0 Å². The van der Waals surface area contributed by atoms with Crippen LogP contribution in [0.1, 0.15) is 22.9 Å². The van der Waals surface area contributed by atoms with Crippen LogP contribution in [0.5, 0.6) is 0 Å². The molecule has 0 spiro atoms. The molecule has 0 unspecified atom stereocenters. The van der Waals surface area contributed by atoms with Crippen LogP contribution in [0.3, 0.4) is 0 Å². The molecule has 0 N–H and O–H groups in total. The van der Waals surface area contributed by atoms with Gasteiger partial charge in [-0.2, -0.15) is 0 Å². The Kier molecular flexibility index (Phi) is 5.72. The van der Waals surface area contributed by atoms with Crippen molar-refractivity contribution in [2.75, 3.05) is 31.1 Å². The van der Waals surface area contributed by atoms with Crippen molar-refractivity contribution in [3.8, 4) is 0 Å². The van der Waals surface area contributed by atoms with Gasteiger partial charge in [0.15, 0.2) is 0 Å². The fourth-order valence-electron chi connectivity index (χ4n) is 4.72. The normalized spacial score (nSPS) is 15.2. The first-order chi connectivity index (χ1) is 15.8. The summed E-state index contributed by atoms with van der Waals surface area (Å²) in [5, 5.41) is 1.13. The molecule has 4 aromatic rings. The van der Waals surface area contributed by atoms with Crippen LogP contribution in [0.15, 0.2) is 73.1 Å². The van der Waals surface area contributed by atoms with Gasteiger partial charge in [0.25, 0.3) is 0 Å². The molecular weight excluding hydrogens is 416 g/mol. The van der Waals surface area contributed by atoms with Gasteiger partial charge < -0.3 is 9.69 Å². The number of anilines is 1. The molecular formula is C26H26N4OS. The van der Waals surface area contributed by atoms with Crippen LogP contribution in [-0.4, -0.2) is 47.3 Å². The van der Waals surface area contributed by atoms with E-state index in [0.717, 1.165) is 66.0 Å². The minimum Gasteiger partial charge on any atom is -0.353 e. The number of carbonyl (C=O) groups excluding carboxylic acids is 1. The first kappa shape index (κ1) is 20.8. The van der Waals surface area contributed by atoms with E-state index in [-0.39, 0.29) is 0 Å². The molecule has 0 radical (unpaired) electrons. The van der Waals surface area contributed by atoms with Gasteiger partial charge >= 0.3 is 0 Å². The first-order valence-corrected chi connectivity index (χ1v) is 11.9. The first-order valence-electron chi connectivity index (χ1n) is 11.1. The number of nitrogens with zero attached hydrogens (tertiary/aromatic N) is 4. The summed E-state index contributed by atoms with van der Waals surface area (Å²) < 4.78 is 0. The fraction of sp³-hybridized carbons (Fsp3) is 0.269. The van der Waals surface area contributed by atoms with Gasteiger partial charge in [-0.25, -0.2) is 9.97 Å². The van der Waals surface area contributed by atoms with Crippen molar-refractivity contribution in [1.82, 2.24) is 14.9 Å². The molecule has 0 atom stereocenters. The summed E-state index contributed by atoms with van der Waals surface area (Å²) in [5.74, 6) is 1.00. The van der Waals surface area contributed by atoms with Gasteiger partial charge in [0, 0.05) is 31.1 Å². The number of hydrogen-bond acceptors (Lipinski definition) is 6. The Balaban J connectivity index is 1.47. The van der Waals surface area contributed by atoms with Crippen LogP contribution in [0.4, 0.5) is 5.82 Å². The summed E-state index contributed by atoms with van der Waals surface area (Å²) in [7, 11) is 0. The molecule has 6 heteroatoms. The van der Waals surface area contributed by atoms with Gasteiger partial charge in [-0.3, -0.25) is 4.90 Å². The molecule has 0 saturated carbocycles. The number of fused-ring (bicyclic) bond motifs is 1. The maximum Gasteiger partial charge on any atom is 0.149 e. The lowest BCUT2D eigenvalue weighted by Crippen LogP contribution is -2.57. The third kappa shape index (κ3) is 3.49. The molecule has 1 saturated heterocycles. The van der Waals surface area contributed by atoms with E-state index in [4.69, 9.17) is 0 Å². The average molecular weight is 443 g/mol. The van der Waals surface area contributed by atoms with Crippen molar-refractivity contribution >= 4 is 33.7 Å². The summed E-state index contributed by atoms with van der Waals surface area (Å²) in [6, 6.07) is 22.5. The fourth-order valence-corrected chi connectivity index (χ4v) is 5.65. The predicted molar refractivity (Wildman–Crippen MR) is 130 cm³/mol. The van der Waals surface area contributed by atoms with Crippen LogP contribution in [-0.2, 0) is 16.8 Å². The van der Waals surface area contributed by atoms with E-state index in [1.807, 2.05) is 36.4 Å². The number of aromatic nitrogens is 2. The second-order valence-electron chi connectivity index (χ2n) is 8.07. The zero-order valence-corrected chi connectivity index (χ0v) is 19.0. The zero-order valence-electron chi connectivity index (χ0n) is 18.1. The van der Waals surface area contributed by atoms with Gasteiger partial charge in [0.1, 0.15) is 28.8 Å². The number of aldehydes is 1. The summed E-state index contributed by atoms with van der Waals surface area (Å²) in [4.78, 5) is 28.9. The van der Waals surface area contributed by atoms with E-state index in [2.05, 4.69) is 57.0 Å². The van der Waals surface area contributed by atoms with Crippen molar-refractivity contribution in [3.05, 3.63) is 89.1 Å². The highest BCUT2D eigenvalue weighted by atomic mass is 32.1. The number of hydrogen-bond donors (Lipinski definition) is 0. The molecule has 0 amide bonds. The van der Waals surface area contributed by atoms with Crippen molar-refractivity contribution in [2.24, 2.45) is 0 Å². The highest BCUT2D eigenvalue weighted by Gasteiger charge is 2.41. The Morgan fingerprint density at radius 1 is 0.938 bits per heavy atom. The van der Waals surface area contributed by atoms with Crippen molar-refractivity contribution in [1.29, 1.82) is 0 Å². The molecule has 0 bridgehead atoms. The monoisotopic (exact) mass is 442 g/mol. The van der Waals surface area contributed by atoms with Gasteiger partial charge in [-0.05, 0) is 23.6 Å². The summed E-state index contributed by atoms with van der Waals surface area (Å²) in [6.45, 7) is 5.30. The summed E-state index contributed by atoms with van der Waals surface area (Å²) >= 11 is 1.74. The van der Waals surface area contributed by atoms with Gasteiger partial charge in [0.2, 0.25) is 0 Å². The molecule has 1 aliphatic heterocycles. The minimum absolute atomic E-state index is 0.763. The molecule has 1 fully saturated rings. The molecule has 0 aliphatic carbocycles. The van der Waals surface area contributed by atoms with Crippen molar-refractivity contribution in [3.63, 3.8) is 0 Å². The van der Waals surface area contributed by atoms with Crippen LogP contribution in [0.25, 0.3) is 10.2 Å². The third-order valence-electron chi connectivity index (χ3n) is 6.38. The number of rotatable bonds is 6. The van der Waals surface area contributed by atoms with E-state index < -0.39 is 5.54 Å². The highest BCUT2D eigenvalue weighted by molar-refractivity contribution is 7.18. The topological polar surface area (TPSA) is 49.3 Å². The van der Waals surface area contributed by atoms with Crippen LogP contribution in [0.2, 0.25) is 0 Å². The molecule has 2 aromatic carbocycles. The number of carbonyl (C=O) groups is 1.